The van der Waals surface area contributed by atoms with Crippen molar-refractivity contribution in [2.45, 2.75) is 19.4 Å². The molecule has 1 saturated heterocycles. The Morgan fingerprint density at radius 1 is 1.38 bits per heavy atom. The van der Waals surface area contributed by atoms with Gasteiger partial charge in [-0.15, -0.1) is 24.8 Å². The first-order chi connectivity index (χ1) is 9.13. The minimum absolute atomic E-state index is 0. The zero-order valence-corrected chi connectivity index (χ0v) is 13.4. The molecule has 5 nitrogen and oxygen atoms in total. The van der Waals surface area contributed by atoms with Gasteiger partial charge in [-0.05, 0) is 18.6 Å². The van der Waals surface area contributed by atoms with Crippen LogP contribution in [-0.4, -0.2) is 36.0 Å². The zero-order valence-electron chi connectivity index (χ0n) is 11.8. The number of rotatable bonds is 4. The molecule has 0 bridgehead atoms. The van der Waals surface area contributed by atoms with E-state index < -0.39 is 10.7 Å². The molecular weight excluding hydrogens is 320 g/mol. The van der Waals surface area contributed by atoms with Crippen molar-refractivity contribution in [1.29, 1.82) is 0 Å². The molecule has 1 N–H and O–H groups in total. The van der Waals surface area contributed by atoms with Crippen molar-refractivity contribution in [2.24, 2.45) is 0 Å². The van der Waals surface area contributed by atoms with Crippen LogP contribution in [-0.2, 0) is 0 Å². The minimum Gasteiger partial charge on any atom is -0.314 e. The summed E-state index contributed by atoms with van der Waals surface area (Å²) in [6, 6.07) is 3.83. The highest BCUT2D eigenvalue weighted by atomic mass is 35.5. The van der Waals surface area contributed by atoms with E-state index >= 15 is 0 Å². The Kier molecular flexibility index (Phi) is 8.73. The van der Waals surface area contributed by atoms with E-state index in [1.165, 1.54) is 6.07 Å². The van der Waals surface area contributed by atoms with Crippen molar-refractivity contribution in [3.8, 4) is 0 Å². The van der Waals surface area contributed by atoms with Crippen LogP contribution in [0.5, 0.6) is 0 Å². The highest BCUT2D eigenvalue weighted by molar-refractivity contribution is 5.85. The Bertz CT molecular complexity index is 471. The Morgan fingerprint density at radius 3 is 2.52 bits per heavy atom. The second kappa shape index (κ2) is 9.15. The molecule has 120 valence electrons. The summed E-state index contributed by atoms with van der Waals surface area (Å²) in [5, 5.41) is 14.3. The second-order valence-electron chi connectivity index (χ2n) is 4.67. The molecule has 1 aromatic carbocycles. The van der Waals surface area contributed by atoms with Gasteiger partial charge in [0, 0.05) is 37.8 Å². The van der Waals surface area contributed by atoms with Gasteiger partial charge in [-0.1, -0.05) is 6.92 Å². The van der Waals surface area contributed by atoms with Gasteiger partial charge < -0.3 is 5.32 Å². The normalized spacial score (nSPS) is 16.5. The molecule has 8 heteroatoms. The maximum Gasteiger partial charge on any atom is 0.277 e. The third-order valence-corrected chi connectivity index (χ3v) is 3.53. The molecule has 0 spiro atoms. The van der Waals surface area contributed by atoms with E-state index in [0.717, 1.165) is 38.7 Å². The summed E-state index contributed by atoms with van der Waals surface area (Å²) >= 11 is 0. The monoisotopic (exact) mass is 339 g/mol. The Labute approximate surface area is 135 Å². The fourth-order valence-electron chi connectivity index (χ4n) is 2.63. The van der Waals surface area contributed by atoms with Gasteiger partial charge in [-0.3, -0.25) is 15.0 Å². The molecule has 0 amide bonds. The minimum atomic E-state index is -0.564. The van der Waals surface area contributed by atoms with Crippen molar-refractivity contribution in [3.63, 3.8) is 0 Å². The van der Waals surface area contributed by atoms with Crippen LogP contribution in [0.25, 0.3) is 0 Å². The molecule has 1 aromatic rings. The fourth-order valence-corrected chi connectivity index (χ4v) is 2.63. The van der Waals surface area contributed by atoms with E-state index in [-0.39, 0.29) is 36.5 Å². The van der Waals surface area contributed by atoms with Gasteiger partial charge in [0.15, 0.2) is 0 Å². The number of hydrogen-bond donors (Lipinski definition) is 1. The number of nitro benzene ring substituents is 1. The SMILES string of the molecule is CC[C@@H](c1ccc(F)cc1[N+](=O)[O-])N1CCNCC1.Cl.Cl. The molecule has 0 saturated carbocycles. The van der Waals surface area contributed by atoms with Crippen LogP contribution in [0.2, 0.25) is 0 Å². The van der Waals surface area contributed by atoms with Crippen molar-refractivity contribution in [1.82, 2.24) is 10.2 Å². The van der Waals surface area contributed by atoms with Gasteiger partial charge in [0.25, 0.3) is 5.69 Å². The smallest absolute Gasteiger partial charge is 0.277 e. The molecule has 0 aromatic heterocycles. The summed E-state index contributed by atoms with van der Waals surface area (Å²) in [4.78, 5) is 12.8. The number of nitrogens with one attached hydrogen (secondary N) is 1. The quantitative estimate of drug-likeness (QED) is 0.676. The molecule has 1 heterocycles. The molecule has 1 atom stereocenters. The predicted octanol–water partition coefficient (Wildman–Crippen LogP) is 2.93. The average Bonchev–Trinajstić information content (AvgIpc) is 2.42. The maximum atomic E-state index is 13.2. The van der Waals surface area contributed by atoms with E-state index in [2.05, 4.69) is 10.2 Å². The van der Waals surface area contributed by atoms with Crippen LogP contribution in [0.1, 0.15) is 24.9 Å². The van der Waals surface area contributed by atoms with Crippen LogP contribution < -0.4 is 5.32 Å². The number of nitrogens with zero attached hydrogens (tertiary/aromatic N) is 2. The van der Waals surface area contributed by atoms with Crippen LogP contribution in [0.15, 0.2) is 18.2 Å². The molecule has 0 aliphatic carbocycles. The van der Waals surface area contributed by atoms with Gasteiger partial charge in [0.2, 0.25) is 0 Å². The lowest BCUT2D eigenvalue weighted by atomic mass is 10.00. The molecular formula is C13H20Cl2FN3O2. The maximum absolute atomic E-state index is 13.2. The van der Waals surface area contributed by atoms with Crippen molar-refractivity contribution < 1.29 is 9.31 Å². The lowest BCUT2D eigenvalue weighted by Crippen LogP contribution is -2.45. The van der Waals surface area contributed by atoms with Gasteiger partial charge in [0.1, 0.15) is 5.82 Å². The van der Waals surface area contributed by atoms with E-state index in [0.29, 0.717) is 5.56 Å². The summed E-state index contributed by atoms with van der Waals surface area (Å²) in [5.74, 6) is -0.564. The van der Waals surface area contributed by atoms with E-state index in [1.54, 1.807) is 6.07 Å². The lowest BCUT2D eigenvalue weighted by Gasteiger charge is -2.34. The summed E-state index contributed by atoms with van der Waals surface area (Å²) < 4.78 is 13.2. The first kappa shape index (κ1) is 20.1. The van der Waals surface area contributed by atoms with Crippen LogP contribution in [0.3, 0.4) is 0 Å². The molecule has 21 heavy (non-hydrogen) atoms. The Hall–Kier alpha value is -0.950. The topological polar surface area (TPSA) is 58.4 Å². The number of nitro groups is 1. The average molecular weight is 340 g/mol. The summed E-state index contributed by atoms with van der Waals surface area (Å²) in [6.07, 6.45) is 0.770. The van der Waals surface area contributed by atoms with E-state index in [4.69, 9.17) is 0 Å². The summed E-state index contributed by atoms with van der Waals surface area (Å²) in [5.41, 5.74) is 0.487. The number of piperazine rings is 1. The van der Waals surface area contributed by atoms with Crippen LogP contribution >= 0.6 is 24.8 Å². The molecule has 0 unspecified atom stereocenters. The molecule has 1 aliphatic rings. The van der Waals surface area contributed by atoms with Crippen molar-refractivity contribution >= 4 is 30.5 Å². The Balaban J connectivity index is 0.00000200. The first-order valence-corrected chi connectivity index (χ1v) is 6.52. The first-order valence-electron chi connectivity index (χ1n) is 6.52. The highest BCUT2D eigenvalue weighted by Gasteiger charge is 2.27. The summed E-state index contributed by atoms with van der Waals surface area (Å²) in [6.45, 7) is 5.47. The zero-order chi connectivity index (χ0) is 13.8. The molecule has 2 rings (SSSR count). The van der Waals surface area contributed by atoms with E-state index in [9.17, 15) is 14.5 Å². The lowest BCUT2D eigenvalue weighted by molar-refractivity contribution is -0.386. The largest absolute Gasteiger partial charge is 0.314 e. The van der Waals surface area contributed by atoms with Gasteiger partial charge in [-0.25, -0.2) is 4.39 Å². The predicted molar refractivity (Wildman–Crippen MR) is 85.0 cm³/mol. The van der Waals surface area contributed by atoms with Gasteiger partial charge in [-0.2, -0.15) is 0 Å². The van der Waals surface area contributed by atoms with Gasteiger partial charge >= 0.3 is 0 Å². The van der Waals surface area contributed by atoms with E-state index in [1.807, 2.05) is 6.92 Å². The Morgan fingerprint density at radius 2 is 2.00 bits per heavy atom. The second-order valence-corrected chi connectivity index (χ2v) is 4.67. The molecule has 0 radical (unpaired) electrons. The fraction of sp³-hybridized carbons (Fsp3) is 0.538. The standard InChI is InChI=1S/C13H18FN3O2.2ClH/c1-2-12(16-7-5-15-6-8-16)11-4-3-10(14)9-13(11)17(18)19;;/h3-4,9,12,15H,2,5-8H2,1H3;2*1H/t12-;;/m0../s1. The molecule has 1 fully saturated rings. The summed E-state index contributed by atoms with van der Waals surface area (Å²) in [7, 11) is 0. The van der Waals surface area contributed by atoms with Crippen molar-refractivity contribution in [3.05, 3.63) is 39.7 Å². The third kappa shape index (κ3) is 4.78. The molecule has 1 aliphatic heterocycles. The number of benzene rings is 1. The van der Waals surface area contributed by atoms with Crippen LogP contribution in [0.4, 0.5) is 10.1 Å². The van der Waals surface area contributed by atoms with Gasteiger partial charge in [0.05, 0.1) is 11.0 Å². The number of halogens is 3. The third-order valence-electron chi connectivity index (χ3n) is 3.53. The number of hydrogen-bond acceptors (Lipinski definition) is 4. The van der Waals surface area contributed by atoms with Crippen LogP contribution in [0, 0.1) is 15.9 Å². The highest BCUT2D eigenvalue weighted by Crippen LogP contribution is 2.32. The van der Waals surface area contributed by atoms with Crippen molar-refractivity contribution in [2.75, 3.05) is 26.2 Å².